The largest absolute Gasteiger partial charge is 0.497 e. The molecule has 0 saturated heterocycles. The van der Waals surface area contributed by atoms with Crippen molar-refractivity contribution in [2.45, 2.75) is 6.42 Å². The van der Waals surface area contributed by atoms with Crippen molar-refractivity contribution in [1.29, 1.82) is 0 Å². The van der Waals surface area contributed by atoms with E-state index in [2.05, 4.69) is 0 Å². The van der Waals surface area contributed by atoms with Gasteiger partial charge < -0.3 is 14.3 Å². The van der Waals surface area contributed by atoms with Crippen LogP contribution in [0.5, 0.6) is 11.5 Å². The molecule has 4 nitrogen and oxygen atoms in total. The van der Waals surface area contributed by atoms with Crippen LogP contribution in [-0.2, 0) is 11.2 Å². The first-order valence-electron chi connectivity index (χ1n) is 5.54. The molecule has 0 atom stereocenters. The lowest BCUT2D eigenvalue weighted by molar-refractivity contribution is -0.108. The summed E-state index contributed by atoms with van der Waals surface area (Å²) in [6, 6.07) is 5.74. The molecule has 0 fully saturated rings. The van der Waals surface area contributed by atoms with Crippen LogP contribution >= 0.6 is 0 Å². The molecule has 0 aliphatic carbocycles. The number of carbonyl (C=O) groups is 1. The zero-order chi connectivity index (χ0) is 12.7. The Balaban J connectivity index is 2.70. The SMILES string of the molecule is COc1ccc(OC)c(CCN(C)CC=O)c1. The second kappa shape index (κ2) is 6.91. The van der Waals surface area contributed by atoms with Gasteiger partial charge in [0.2, 0.25) is 0 Å². The van der Waals surface area contributed by atoms with Crippen molar-refractivity contribution in [3.63, 3.8) is 0 Å². The molecule has 0 N–H and O–H groups in total. The molecule has 0 aliphatic rings. The van der Waals surface area contributed by atoms with Crippen molar-refractivity contribution in [2.75, 3.05) is 34.4 Å². The number of hydrogen-bond acceptors (Lipinski definition) is 4. The van der Waals surface area contributed by atoms with Crippen molar-refractivity contribution in [3.8, 4) is 11.5 Å². The summed E-state index contributed by atoms with van der Waals surface area (Å²) in [6.07, 6.45) is 1.73. The van der Waals surface area contributed by atoms with Crippen LogP contribution in [0, 0.1) is 0 Å². The number of benzene rings is 1. The van der Waals surface area contributed by atoms with Gasteiger partial charge in [-0.05, 0) is 37.2 Å². The molecule has 94 valence electrons. The molecule has 1 aromatic rings. The molecule has 0 amide bonds. The molecule has 0 aliphatic heterocycles. The Kier molecular flexibility index (Phi) is 5.49. The van der Waals surface area contributed by atoms with Crippen LogP contribution in [0.15, 0.2) is 18.2 Å². The molecule has 0 unspecified atom stereocenters. The number of hydrogen-bond donors (Lipinski definition) is 0. The summed E-state index contributed by atoms with van der Waals surface area (Å²) in [5, 5.41) is 0. The first-order valence-corrected chi connectivity index (χ1v) is 5.54. The summed E-state index contributed by atoms with van der Waals surface area (Å²) in [5.41, 5.74) is 1.09. The zero-order valence-electron chi connectivity index (χ0n) is 10.6. The van der Waals surface area contributed by atoms with Crippen LogP contribution in [-0.4, -0.2) is 45.5 Å². The third kappa shape index (κ3) is 4.07. The molecule has 0 radical (unpaired) electrons. The summed E-state index contributed by atoms with van der Waals surface area (Å²) in [4.78, 5) is 12.3. The van der Waals surface area contributed by atoms with Gasteiger partial charge in [-0.15, -0.1) is 0 Å². The van der Waals surface area contributed by atoms with E-state index in [1.807, 2.05) is 30.1 Å². The van der Waals surface area contributed by atoms with Crippen molar-refractivity contribution >= 4 is 6.29 Å². The molecular formula is C13H19NO3. The minimum absolute atomic E-state index is 0.451. The van der Waals surface area contributed by atoms with E-state index in [1.165, 1.54) is 0 Å². The van der Waals surface area contributed by atoms with E-state index in [4.69, 9.17) is 9.47 Å². The molecule has 1 aromatic carbocycles. The number of ether oxygens (including phenoxy) is 2. The van der Waals surface area contributed by atoms with Crippen molar-refractivity contribution in [2.24, 2.45) is 0 Å². The van der Waals surface area contributed by atoms with Crippen LogP contribution in [0.4, 0.5) is 0 Å². The van der Waals surface area contributed by atoms with E-state index in [0.29, 0.717) is 6.54 Å². The molecule has 17 heavy (non-hydrogen) atoms. The number of rotatable bonds is 7. The fraction of sp³-hybridized carbons (Fsp3) is 0.462. The molecule has 0 bridgehead atoms. The highest BCUT2D eigenvalue weighted by Gasteiger charge is 2.06. The Hall–Kier alpha value is -1.55. The smallest absolute Gasteiger partial charge is 0.133 e. The highest BCUT2D eigenvalue weighted by atomic mass is 16.5. The van der Waals surface area contributed by atoms with Gasteiger partial charge in [0.05, 0.1) is 20.8 Å². The van der Waals surface area contributed by atoms with Gasteiger partial charge in [-0.1, -0.05) is 0 Å². The Morgan fingerprint density at radius 2 is 2.06 bits per heavy atom. The highest BCUT2D eigenvalue weighted by molar-refractivity contribution is 5.51. The number of methoxy groups -OCH3 is 2. The van der Waals surface area contributed by atoms with Crippen molar-refractivity contribution in [3.05, 3.63) is 23.8 Å². The average molecular weight is 237 g/mol. The number of carbonyl (C=O) groups excluding carboxylic acids is 1. The summed E-state index contributed by atoms with van der Waals surface area (Å²) in [5.74, 6) is 1.67. The van der Waals surface area contributed by atoms with Crippen LogP contribution in [0.3, 0.4) is 0 Å². The van der Waals surface area contributed by atoms with Gasteiger partial charge in [0.25, 0.3) is 0 Å². The Morgan fingerprint density at radius 1 is 1.29 bits per heavy atom. The quantitative estimate of drug-likeness (QED) is 0.672. The first kappa shape index (κ1) is 13.5. The molecule has 0 spiro atoms. The molecular weight excluding hydrogens is 218 g/mol. The summed E-state index contributed by atoms with van der Waals surface area (Å²) >= 11 is 0. The van der Waals surface area contributed by atoms with E-state index >= 15 is 0 Å². The number of aldehydes is 1. The molecule has 4 heteroatoms. The monoisotopic (exact) mass is 237 g/mol. The highest BCUT2D eigenvalue weighted by Crippen LogP contribution is 2.24. The van der Waals surface area contributed by atoms with Crippen molar-refractivity contribution in [1.82, 2.24) is 4.90 Å². The molecule has 0 aromatic heterocycles. The normalized spacial score (nSPS) is 10.4. The summed E-state index contributed by atoms with van der Waals surface area (Å²) < 4.78 is 10.5. The molecule has 1 rings (SSSR count). The van der Waals surface area contributed by atoms with Gasteiger partial charge in [-0.2, -0.15) is 0 Å². The maximum Gasteiger partial charge on any atom is 0.133 e. The maximum absolute atomic E-state index is 10.4. The predicted octanol–water partition coefficient (Wildman–Crippen LogP) is 1.38. The van der Waals surface area contributed by atoms with Crippen LogP contribution in [0.1, 0.15) is 5.56 Å². The zero-order valence-corrected chi connectivity index (χ0v) is 10.6. The van der Waals surface area contributed by atoms with Gasteiger partial charge in [0.15, 0.2) is 0 Å². The maximum atomic E-state index is 10.4. The topological polar surface area (TPSA) is 38.8 Å². The lowest BCUT2D eigenvalue weighted by Gasteiger charge is -2.15. The van der Waals surface area contributed by atoms with E-state index in [0.717, 1.165) is 36.3 Å². The van der Waals surface area contributed by atoms with Crippen LogP contribution in [0.25, 0.3) is 0 Å². The fourth-order valence-electron chi connectivity index (χ4n) is 1.61. The van der Waals surface area contributed by atoms with Gasteiger partial charge in [-0.3, -0.25) is 4.90 Å². The summed E-state index contributed by atoms with van der Waals surface area (Å²) in [7, 11) is 5.21. The van der Waals surface area contributed by atoms with Gasteiger partial charge in [0, 0.05) is 6.54 Å². The lowest BCUT2D eigenvalue weighted by Crippen LogP contribution is -2.23. The second-order valence-electron chi connectivity index (χ2n) is 3.86. The molecule has 0 heterocycles. The third-order valence-corrected chi connectivity index (χ3v) is 2.64. The third-order valence-electron chi connectivity index (χ3n) is 2.64. The predicted molar refractivity (Wildman–Crippen MR) is 66.8 cm³/mol. The Morgan fingerprint density at radius 3 is 2.65 bits per heavy atom. The number of nitrogens with zero attached hydrogens (tertiary/aromatic N) is 1. The minimum atomic E-state index is 0.451. The van der Waals surface area contributed by atoms with Crippen molar-refractivity contribution < 1.29 is 14.3 Å². The first-order chi connectivity index (χ1) is 8.21. The lowest BCUT2D eigenvalue weighted by atomic mass is 10.1. The van der Waals surface area contributed by atoms with E-state index in [-0.39, 0.29) is 0 Å². The fourth-order valence-corrected chi connectivity index (χ4v) is 1.61. The Bertz CT molecular complexity index is 366. The Labute approximate surface area is 102 Å². The number of likely N-dealkylation sites (N-methyl/N-ethyl adjacent to an activating group) is 1. The standard InChI is InChI=1S/C13H19NO3/c1-14(8-9-15)7-6-11-10-12(16-2)4-5-13(11)17-3/h4-5,9-10H,6-8H2,1-3H3. The van der Waals surface area contributed by atoms with Gasteiger partial charge in [0.1, 0.15) is 17.8 Å². The van der Waals surface area contributed by atoms with E-state index < -0.39 is 0 Å². The minimum Gasteiger partial charge on any atom is -0.497 e. The van der Waals surface area contributed by atoms with E-state index in [9.17, 15) is 4.79 Å². The van der Waals surface area contributed by atoms with E-state index in [1.54, 1.807) is 14.2 Å². The average Bonchev–Trinajstić information content (AvgIpc) is 2.36. The van der Waals surface area contributed by atoms with Crippen LogP contribution in [0.2, 0.25) is 0 Å². The van der Waals surface area contributed by atoms with Gasteiger partial charge >= 0.3 is 0 Å². The second-order valence-corrected chi connectivity index (χ2v) is 3.86. The summed E-state index contributed by atoms with van der Waals surface area (Å²) in [6.45, 7) is 1.26. The molecule has 0 saturated carbocycles. The van der Waals surface area contributed by atoms with Gasteiger partial charge in [-0.25, -0.2) is 0 Å². The van der Waals surface area contributed by atoms with Crippen LogP contribution < -0.4 is 9.47 Å².